The number of sulfonamides is 1. The van der Waals surface area contributed by atoms with Crippen molar-refractivity contribution in [3.8, 4) is 11.5 Å². The van der Waals surface area contributed by atoms with Crippen molar-refractivity contribution in [2.75, 3.05) is 13.2 Å². The Labute approximate surface area is 147 Å². The number of hydrogen-bond donors (Lipinski definition) is 1. The SMILES string of the molecule is CCOc1ccc(CNS(=O)(=O)c2ccc(F)cc2C)cc1OCC. The van der Waals surface area contributed by atoms with E-state index in [9.17, 15) is 12.8 Å². The van der Waals surface area contributed by atoms with Crippen LogP contribution >= 0.6 is 0 Å². The first kappa shape index (κ1) is 19.2. The van der Waals surface area contributed by atoms with E-state index in [1.807, 2.05) is 13.8 Å². The van der Waals surface area contributed by atoms with Gasteiger partial charge in [-0.15, -0.1) is 0 Å². The fraction of sp³-hybridized carbons (Fsp3) is 0.333. The summed E-state index contributed by atoms with van der Waals surface area (Å²) in [6.45, 7) is 6.37. The molecule has 0 spiro atoms. The summed E-state index contributed by atoms with van der Waals surface area (Å²) in [6.07, 6.45) is 0. The Morgan fingerprint density at radius 3 is 2.32 bits per heavy atom. The molecule has 7 heteroatoms. The fourth-order valence-electron chi connectivity index (χ4n) is 2.38. The molecule has 0 atom stereocenters. The van der Waals surface area contributed by atoms with E-state index in [-0.39, 0.29) is 11.4 Å². The highest BCUT2D eigenvalue weighted by Crippen LogP contribution is 2.28. The van der Waals surface area contributed by atoms with E-state index < -0.39 is 15.8 Å². The number of rotatable bonds is 8. The molecule has 0 aliphatic rings. The zero-order chi connectivity index (χ0) is 18.4. The predicted octanol–water partition coefficient (Wildman–Crippen LogP) is 3.41. The van der Waals surface area contributed by atoms with Crippen LogP contribution < -0.4 is 14.2 Å². The average molecular weight is 367 g/mol. The Morgan fingerprint density at radius 2 is 1.68 bits per heavy atom. The minimum absolute atomic E-state index is 0.0601. The smallest absolute Gasteiger partial charge is 0.241 e. The molecule has 0 amide bonds. The van der Waals surface area contributed by atoms with Crippen molar-refractivity contribution >= 4 is 10.0 Å². The first-order chi connectivity index (χ1) is 11.9. The van der Waals surface area contributed by atoms with E-state index in [0.717, 1.165) is 11.6 Å². The number of nitrogens with one attached hydrogen (secondary N) is 1. The monoisotopic (exact) mass is 367 g/mol. The van der Waals surface area contributed by atoms with Gasteiger partial charge in [-0.2, -0.15) is 0 Å². The third-order valence-electron chi connectivity index (χ3n) is 3.50. The Morgan fingerprint density at radius 1 is 1.00 bits per heavy atom. The maximum atomic E-state index is 13.2. The molecule has 0 fully saturated rings. The van der Waals surface area contributed by atoms with Crippen LogP contribution in [0.4, 0.5) is 4.39 Å². The van der Waals surface area contributed by atoms with Crippen molar-refractivity contribution in [1.29, 1.82) is 0 Å². The van der Waals surface area contributed by atoms with Crippen molar-refractivity contribution in [3.05, 3.63) is 53.3 Å². The second-order valence-electron chi connectivity index (χ2n) is 5.38. The molecule has 2 aromatic rings. The lowest BCUT2D eigenvalue weighted by molar-refractivity contribution is 0.287. The molecule has 2 rings (SSSR count). The normalized spacial score (nSPS) is 11.4. The van der Waals surface area contributed by atoms with E-state index in [1.165, 1.54) is 12.1 Å². The van der Waals surface area contributed by atoms with Gasteiger partial charge in [-0.3, -0.25) is 0 Å². The van der Waals surface area contributed by atoms with Gasteiger partial charge in [0, 0.05) is 6.54 Å². The number of hydrogen-bond acceptors (Lipinski definition) is 4. The highest BCUT2D eigenvalue weighted by molar-refractivity contribution is 7.89. The molecular weight excluding hydrogens is 345 g/mol. The molecule has 0 aromatic heterocycles. The van der Waals surface area contributed by atoms with E-state index in [2.05, 4.69) is 4.72 Å². The largest absolute Gasteiger partial charge is 0.490 e. The van der Waals surface area contributed by atoms with Gasteiger partial charge in [-0.1, -0.05) is 6.07 Å². The number of aryl methyl sites for hydroxylation is 1. The lowest BCUT2D eigenvalue weighted by Crippen LogP contribution is -2.24. The van der Waals surface area contributed by atoms with Crippen LogP contribution in [0.5, 0.6) is 11.5 Å². The molecule has 25 heavy (non-hydrogen) atoms. The Hall–Kier alpha value is -2.12. The molecule has 0 radical (unpaired) electrons. The van der Waals surface area contributed by atoms with Crippen LogP contribution in [0.1, 0.15) is 25.0 Å². The molecule has 0 saturated heterocycles. The predicted molar refractivity (Wildman–Crippen MR) is 93.9 cm³/mol. The Balaban J connectivity index is 2.18. The quantitative estimate of drug-likeness (QED) is 0.777. The second-order valence-corrected chi connectivity index (χ2v) is 7.12. The van der Waals surface area contributed by atoms with E-state index in [1.54, 1.807) is 25.1 Å². The highest BCUT2D eigenvalue weighted by atomic mass is 32.2. The van der Waals surface area contributed by atoms with Gasteiger partial charge in [-0.25, -0.2) is 17.5 Å². The topological polar surface area (TPSA) is 64.6 Å². The van der Waals surface area contributed by atoms with Crippen molar-refractivity contribution in [3.63, 3.8) is 0 Å². The summed E-state index contributed by atoms with van der Waals surface area (Å²) < 4.78 is 51.6. The third kappa shape index (κ3) is 4.93. The summed E-state index contributed by atoms with van der Waals surface area (Å²) >= 11 is 0. The lowest BCUT2D eigenvalue weighted by Gasteiger charge is -2.13. The number of halogens is 1. The second kappa shape index (κ2) is 8.31. The molecule has 0 bridgehead atoms. The molecule has 0 saturated carbocycles. The zero-order valence-electron chi connectivity index (χ0n) is 14.5. The van der Waals surface area contributed by atoms with Crippen molar-refractivity contribution in [2.45, 2.75) is 32.2 Å². The molecule has 0 aliphatic heterocycles. The van der Waals surface area contributed by atoms with Gasteiger partial charge in [0.1, 0.15) is 5.82 Å². The van der Waals surface area contributed by atoms with Crippen LogP contribution in [0.15, 0.2) is 41.3 Å². The maximum absolute atomic E-state index is 13.2. The molecule has 2 aromatic carbocycles. The molecular formula is C18H22FNO4S. The number of benzene rings is 2. The standard InChI is InChI=1S/C18H22FNO4S/c1-4-23-16-8-6-14(11-17(16)24-5-2)12-20-25(21,22)18-9-7-15(19)10-13(18)3/h6-11,20H,4-5,12H2,1-3H3. The summed E-state index contributed by atoms with van der Waals surface area (Å²) in [5, 5.41) is 0. The van der Waals surface area contributed by atoms with Gasteiger partial charge >= 0.3 is 0 Å². The average Bonchev–Trinajstić information content (AvgIpc) is 2.55. The van der Waals surface area contributed by atoms with E-state index in [0.29, 0.717) is 30.3 Å². The molecule has 0 aliphatic carbocycles. The first-order valence-corrected chi connectivity index (χ1v) is 9.50. The molecule has 136 valence electrons. The van der Waals surface area contributed by atoms with Crippen LogP contribution in [0.2, 0.25) is 0 Å². The van der Waals surface area contributed by atoms with Gasteiger partial charge in [0.05, 0.1) is 18.1 Å². The van der Waals surface area contributed by atoms with Crippen molar-refractivity contribution in [2.24, 2.45) is 0 Å². The lowest BCUT2D eigenvalue weighted by atomic mass is 10.2. The van der Waals surface area contributed by atoms with Gasteiger partial charge in [0.2, 0.25) is 10.0 Å². The van der Waals surface area contributed by atoms with Crippen LogP contribution in [0.25, 0.3) is 0 Å². The van der Waals surface area contributed by atoms with E-state index >= 15 is 0 Å². The minimum Gasteiger partial charge on any atom is -0.490 e. The Bertz CT molecular complexity index is 837. The fourth-order valence-corrected chi connectivity index (χ4v) is 3.62. The third-order valence-corrected chi connectivity index (χ3v) is 5.06. The number of ether oxygens (including phenoxy) is 2. The summed E-state index contributed by atoms with van der Waals surface area (Å²) in [6, 6.07) is 8.85. The van der Waals surface area contributed by atoms with Gasteiger partial charge in [-0.05, 0) is 62.2 Å². The molecule has 5 nitrogen and oxygen atoms in total. The van der Waals surface area contributed by atoms with E-state index in [4.69, 9.17) is 9.47 Å². The summed E-state index contributed by atoms with van der Waals surface area (Å²) in [5.41, 5.74) is 1.09. The van der Waals surface area contributed by atoms with Crippen molar-refractivity contribution in [1.82, 2.24) is 4.72 Å². The summed E-state index contributed by atoms with van der Waals surface area (Å²) in [4.78, 5) is 0.0601. The highest BCUT2D eigenvalue weighted by Gasteiger charge is 2.17. The summed E-state index contributed by atoms with van der Waals surface area (Å²) in [5.74, 6) is 0.716. The molecule has 0 heterocycles. The van der Waals surface area contributed by atoms with Gasteiger partial charge in [0.25, 0.3) is 0 Å². The Kier molecular flexibility index (Phi) is 6.39. The van der Waals surface area contributed by atoms with Crippen molar-refractivity contribution < 1.29 is 22.3 Å². The van der Waals surface area contributed by atoms with Gasteiger partial charge < -0.3 is 9.47 Å². The first-order valence-electron chi connectivity index (χ1n) is 8.01. The minimum atomic E-state index is -3.74. The summed E-state index contributed by atoms with van der Waals surface area (Å²) in [7, 11) is -3.74. The van der Waals surface area contributed by atoms with Crippen LogP contribution in [0, 0.1) is 12.7 Å². The maximum Gasteiger partial charge on any atom is 0.241 e. The van der Waals surface area contributed by atoms with Crippen LogP contribution in [-0.2, 0) is 16.6 Å². The van der Waals surface area contributed by atoms with Crippen LogP contribution in [0.3, 0.4) is 0 Å². The van der Waals surface area contributed by atoms with Crippen LogP contribution in [-0.4, -0.2) is 21.6 Å². The van der Waals surface area contributed by atoms with Gasteiger partial charge in [0.15, 0.2) is 11.5 Å². The zero-order valence-corrected chi connectivity index (χ0v) is 15.3. The molecule has 1 N–H and O–H groups in total. The molecule has 0 unspecified atom stereocenters.